The molecule has 0 atom stereocenters. The molecule has 10 nitrogen and oxygen atoms in total. The molecule has 3 aromatic heterocycles. The minimum Gasteiger partial charge on any atom is -0.303 e. The standard InChI is InChI=1S/C10H8N8O2S/c11-14-8-7(18(19)20)9(13-5-12-8)21-10-16-15-6-3-1-2-4-17(6)10/h1-5H,11H2,(H,12,13,14). The number of nitrogens with two attached hydrogens (primary N) is 1. The fraction of sp³-hybridized carbons (Fsp3) is 0. The van der Waals surface area contributed by atoms with E-state index in [-0.39, 0.29) is 16.5 Å². The van der Waals surface area contributed by atoms with Crippen molar-refractivity contribution in [3.63, 3.8) is 0 Å². The summed E-state index contributed by atoms with van der Waals surface area (Å²) in [6.45, 7) is 0. The molecular weight excluding hydrogens is 296 g/mol. The summed E-state index contributed by atoms with van der Waals surface area (Å²) in [5.41, 5.74) is 2.51. The van der Waals surface area contributed by atoms with Gasteiger partial charge in [0.2, 0.25) is 11.0 Å². The van der Waals surface area contributed by atoms with E-state index in [0.29, 0.717) is 10.8 Å². The van der Waals surface area contributed by atoms with Crippen LogP contribution in [-0.2, 0) is 0 Å². The molecule has 11 heteroatoms. The Morgan fingerprint density at radius 3 is 2.95 bits per heavy atom. The van der Waals surface area contributed by atoms with Gasteiger partial charge in [-0.15, -0.1) is 10.2 Å². The Morgan fingerprint density at radius 2 is 2.19 bits per heavy atom. The number of hydrogen-bond acceptors (Lipinski definition) is 9. The molecule has 0 spiro atoms. The maximum Gasteiger partial charge on any atom is 0.345 e. The minimum atomic E-state index is -0.596. The maximum atomic E-state index is 11.2. The summed E-state index contributed by atoms with van der Waals surface area (Å²) >= 11 is 1.01. The Kier molecular flexibility index (Phi) is 3.33. The highest BCUT2D eigenvalue weighted by Gasteiger charge is 2.24. The van der Waals surface area contributed by atoms with Gasteiger partial charge in [0.05, 0.1) is 4.92 Å². The van der Waals surface area contributed by atoms with Gasteiger partial charge in [-0.3, -0.25) is 14.5 Å². The van der Waals surface area contributed by atoms with Gasteiger partial charge in [0.1, 0.15) is 6.33 Å². The minimum absolute atomic E-state index is 0.0636. The van der Waals surface area contributed by atoms with Gasteiger partial charge in [-0.1, -0.05) is 6.07 Å². The molecule has 0 aliphatic carbocycles. The molecule has 0 aliphatic rings. The second kappa shape index (κ2) is 5.30. The van der Waals surface area contributed by atoms with E-state index in [2.05, 4.69) is 25.6 Å². The molecule has 0 saturated carbocycles. The van der Waals surface area contributed by atoms with Gasteiger partial charge >= 0.3 is 5.69 Å². The van der Waals surface area contributed by atoms with Gasteiger partial charge < -0.3 is 5.43 Å². The summed E-state index contributed by atoms with van der Waals surface area (Å²) in [7, 11) is 0. The monoisotopic (exact) mass is 304 g/mol. The van der Waals surface area contributed by atoms with E-state index in [1.807, 2.05) is 12.1 Å². The smallest absolute Gasteiger partial charge is 0.303 e. The molecule has 3 aromatic rings. The Hall–Kier alpha value is -2.79. The summed E-state index contributed by atoms with van der Waals surface area (Å²) < 4.78 is 1.70. The van der Waals surface area contributed by atoms with E-state index < -0.39 is 4.92 Å². The number of fused-ring (bicyclic) bond motifs is 1. The zero-order valence-electron chi connectivity index (χ0n) is 10.4. The van der Waals surface area contributed by atoms with Crippen LogP contribution in [0.5, 0.6) is 0 Å². The number of anilines is 1. The summed E-state index contributed by atoms with van der Waals surface area (Å²) in [6.07, 6.45) is 2.94. The van der Waals surface area contributed by atoms with Gasteiger partial charge in [-0.05, 0) is 23.9 Å². The third-order valence-electron chi connectivity index (χ3n) is 2.58. The molecule has 3 heterocycles. The van der Waals surface area contributed by atoms with E-state index in [1.165, 1.54) is 6.33 Å². The maximum absolute atomic E-state index is 11.2. The molecule has 0 bridgehead atoms. The average Bonchev–Trinajstić information content (AvgIpc) is 2.90. The van der Waals surface area contributed by atoms with Crippen molar-refractivity contribution in [2.45, 2.75) is 10.2 Å². The van der Waals surface area contributed by atoms with Crippen LogP contribution >= 0.6 is 11.8 Å². The van der Waals surface area contributed by atoms with Crippen molar-refractivity contribution in [3.8, 4) is 0 Å². The van der Waals surface area contributed by atoms with Gasteiger partial charge in [0.15, 0.2) is 10.7 Å². The van der Waals surface area contributed by atoms with Crippen molar-refractivity contribution in [3.05, 3.63) is 40.8 Å². The number of hydrazine groups is 1. The van der Waals surface area contributed by atoms with E-state index >= 15 is 0 Å². The Balaban J connectivity index is 2.08. The van der Waals surface area contributed by atoms with Gasteiger partial charge in [0, 0.05) is 6.20 Å². The molecule has 0 saturated heterocycles. The van der Waals surface area contributed by atoms with Crippen LogP contribution < -0.4 is 11.3 Å². The first-order valence-corrected chi connectivity index (χ1v) is 6.46. The third-order valence-corrected chi connectivity index (χ3v) is 3.53. The number of nitrogen functional groups attached to an aromatic ring is 1. The molecule has 0 fully saturated rings. The van der Waals surface area contributed by atoms with Crippen LogP contribution in [0.2, 0.25) is 0 Å². The highest BCUT2D eigenvalue weighted by molar-refractivity contribution is 7.99. The fourth-order valence-electron chi connectivity index (χ4n) is 1.68. The van der Waals surface area contributed by atoms with Gasteiger partial charge in [0.25, 0.3) is 0 Å². The second-order valence-electron chi connectivity index (χ2n) is 3.79. The van der Waals surface area contributed by atoms with Crippen molar-refractivity contribution < 1.29 is 4.92 Å². The fourth-order valence-corrected chi connectivity index (χ4v) is 2.56. The van der Waals surface area contributed by atoms with E-state index in [4.69, 9.17) is 5.84 Å². The largest absolute Gasteiger partial charge is 0.345 e. The lowest BCUT2D eigenvalue weighted by Crippen LogP contribution is -2.12. The lowest BCUT2D eigenvalue weighted by molar-refractivity contribution is -0.387. The van der Waals surface area contributed by atoms with Crippen molar-refractivity contribution in [1.82, 2.24) is 24.6 Å². The van der Waals surface area contributed by atoms with E-state index in [9.17, 15) is 10.1 Å². The third kappa shape index (κ3) is 2.34. The molecule has 21 heavy (non-hydrogen) atoms. The number of pyridine rings is 1. The van der Waals surface area contributed by atoms with Crippen molar-refractivity contribution in [2.24, 2.45) is 5.84 Å². The van der Waals surface area contributed by atoms with Crippen LogP contribution in [0, 0.1) is 10.1 Å². The molecule has 0 unspecified atom stereocenters. The summed E-state index contributed by atoms with van der Waals surface area (Å²) in [4.78, 5) is 18.2. The second-order valence-corrected chi connectivity index (χ2v) is 4.75. The molecular formula is C10H8N8O2S. The quantitative estimate of drug-likeness (QED) is 0.311. The lowest BCUT2D eigenvalue weighted by atomic mass is 10.5. The SMILES string of the molecule is NNc1ncnc(Sc2nnc3ccccn23)c1[N+](=O)[O-]. The normalized spacial score (nSPS) is 10.7. The lowest BCUT2D eigenvalue weighted by Gasteiger charge is -2.04. The highest BCUT2D eigenvalue weighted by atomic mass is 32.2. The first-order valence-electron chi connectivity index (χ1n) is 5.64. The molecule has 0 aliphatic heterocycles. The number of nitro groups is 1. The zero-order valence-corrected chi connectivity index (χ0v) is 11.2. The first-order chi connectivity index (χ1) is 10.2. The predicted molar refractivity (Wildman–Crippen MR) is 73.6 cm³/mol. The predicted octanol–water partition coefficient (Wildman–Crippen LogP) is 0.864. The Labute approximate surface area is 121 Å². The average molecular weight is 304 g/mol. The molecule has 0 aromatic carbocycles. The van der Waals surface area contributed by atoms with Gasteiger partial charge in [-0.25, -0.2) is 15.8 Å². The number of nitrogens with zero attached hydrogens (tertiary/aromatic N) is 6. The zero-order chi connectivity index (χ0) is 14.8. The van der Waals surface area contributed by atoms with Gasteiger partial charge in [-0.2, -0.15) is 0 Å². The number of rotatable bonds is 4. The summed E-state index contributed by atoms with van der Waals surface area (Å²) in [5, 5.41) is 19.7. The molecule has 0 radical (unpaired) electrons. The highest BCUT2D eigenvalue weighted by Crippen LogP contribution is 2.35. The molecule has 3 rings (SSSR count). The van der Waals surface area contributed by atoms with Crippen LogP contribution in [0.4, 0.5) is 11.5 Å². The van der Waals surface area contributed by atoms with E-state index in [1.54, 1.807) is 16.7 Å². The summed E-state index contributed by atoms with van der Waals surface area (Å²) in [5.74, 6) is 5.17. The molecule has 0 amide bonds. The van der Waals surface area contributed by atoms with Crippen LogP contribution in [0.15, 0.2) is 40.9 Å². The number of hydrogen-bond donors (Lipinski definition) is 2. The molecule has 106 valence electrons. The topological polar surface area (TPSA) is 137 Å². The van der Waals surface area contributed by atoms with E-state index in [0.717, 1.165) is 11.8 Å². The summed E-state index contributed by atoms with van der Waals surface area (Å²) in [6, 6.07) is 5.40. The first kappa shape index (κ1) is 13.2. The van der Waals surface area contributed by atoms with Crippen molar-refractivity contribution in [2.75, 3.05) is 5.43 Å². The Morgan fingerprint density at radius 1 is 1.33 bits per heavy atom. The van der Waals surface area contributed by atoms with Crippen LogP contribution in [-0.4, -0.2) is 29.5 Å². The Bertz CT molecular complexity index is 820. The van der Waals surface area contributed by atoms with Crippen molar-refractivity contribution in [1.29, 1.82) is 0 Å². The van der Waals surface area contributed by atoms with Crippen LogP contribution in [0.1, 0.15) is 0 Å². The number of aromatic nitrogens is 5. The van der Waals surface area contributed by atoms with Crippen LogP contribution in [0.3, 0.4) is 0 Å². The molecule has 3 N–H and O–H groups in total. The number of nitrogens with one attached hydrogen (secondary N) is 1. The van der Waals surface area contributed by atoms with Crippen LogP contribution in [0.25, 0.3) is 5.65 Å². The van der Waals surface area contributed by atoms with Crippen molar-refractivity contribution >= 4 is 28.9 Å².